The van der Waals surface area contributed by atoms with Gasteiger partial charge < -0.3 is 21.3 Å². The Labute approximate surface area is 171 Å². The van der Waals surface area contributed by atoms with Gasteiger partial charge in [0.1, 0.15) is 0 Å². The van der Waals surface area contributed by atoms with Gasteiger partial charge in [0, 0.05) is 35.6 Å². The molecular formula is C22H28N4O3. The van der Waals surface area contributed by atoms with Crippen LogP contribution in [0, 0.1) is 0 Å². The van der Waals surface area contributed by atoms with Crippen LogP contribution in [0.4, 0.5) is 17.1 Å². The van der Waals surface area contributed by atoms with Gasteiger partial charge in [-0.1, -0.05) is 32.4 Å². The lowest BCUT2D eigenvalue weighted by Crippen LogP contribution is -2.25. The molecule has 0 radical (unpaired) electrons. The third-order valence-corrected chi connectivity index (χ3v) is 4.14. The van der Waals surface area contributed by atoms with Crippen LogP contribution < -0.4 is 21.3 Å². The van der Waals surface area contributed by atoms with Gasteiger partial charge in [0.05, 0.1) is 6.54 Å². The third kappa shape index (κ3) is 7.65. The fraction of sp³-hybridized carbons (Fsp3) is 0.318. The minimum atomic E-state index is -0.239. The number of hydrogen-bond acceptors (Lipinski definition) is 4. The van der Waals surface area contributed by atoms with Gasteiger partial charge in [-0.3, -0.25) is 14.4 Å². The van der Waals surface area contributed by atoms with Gasteiger partial charge in [-0.15, -0.1) is 0 Å². The number of amides is 3. The summed E-state index contributed by atoms with van der Waals surface area (Å²) in [6.07, 6.45) is 2.34. The summed E-state index contributed by atoms with van der Waals surface area (Å²) in [4.78, 5) is 35.9. The first-order valence-corrected chi connectivity index (χ1v) is 9.83. The highest BCUT2D eigenvalue weighted by molar-refractivity contribution is 5.98. The molecule has 3 amide bonds. The van der Waals surface area contributed by atoms with Crippen LogP contribution in [-0.2, 0) is 9.59 Å². The highest BCUT2D eigenvalue weighted by atomic mass is 16.2. The van der Waals surface area contributed by atoms with Crippen LogP contribution in [-0.4, -0.2) is 30.8 Å². The molecule has 0 saturated heterocycles. The molecule has 0 bridgehead atoms. The zero-order valence-electron chi connectivity index (χ0n) is 16.9. The topological polar surface area (TPSA) is 99.3 Å². The van der Waals surface area contributed by atoms with Crippen LogP contribution in [0.1, 0.15) is 43.5 Å². The van der Waals surface area contributed by atoms with Crippen molar-refractivity contribution in [3.05, 3.63) is 54.1 Å². The molecular weight excluding hydrogens is 368 g/mol. The summed E-state index contributed by atoms with van der Waals surface area (Å²) in [6.45, 7) is 4.53. The molecule has 29 heavy (non-hydrogen) atoms. The Bertz CT molecular complexity index is 851. The van der Waals surface area contributed by atoms with Gasteiger partial charge in [0.15, 0.2) is 0 Å². The standard InChI is InChI=1S/C22H28N4O3/c1-3-5-12-23-22(29)16-8-6-10-18(13-16)26-21(28)15-24-17-9-7-11-19(14-17)25-20(27)4-2/h6-11,13-14,24H,3-5,12,15H2,1-2H3,(H,23,29)(H,25,27)(H,26,28). The van der Waals surface area contributed by atoms with E-state index < -0.39 is 0 Å². The lowest BCUT2D eigenvalue weighted by molar-refractivity contribution is -0.116. The molecule has 2 rings (SSSR count). The third-order valence-electron chi connectivity index (χ3n) is 4.14. The van der Waals surface area contributed by atoms with Crippen molar-refractivity contribution in [2.75, 3.05) is 29.0 Å². The van der Waals surface area contributed by atoms with Crippen LogP contribution in [0.25, 0.3) is 0 Å². The molecule has 0 aliphatic rings. The Morgan fingerprint density at radius 1 is 0.828 bits per heavy atom. The van der Waals surface area contributed by atoms with E-state index in [1.807, 2.05) is 6.07 Å². The molecule has 0 spiro atoms. The van der Waals surface area contributed by atoms with E-state index in [0.29, 0.717) is 29.9 Å². The van der Waals surface area contributed by atoms with Crippen molar-refractivity contribution in [3.63, 3.8) is 0 Å². The van der Waals surface area contributed by atoms with Gasteiger partial charge in [-0.25, -0.2) is 0 Å². The largest absolute Gasteiger partial charge is 0.376 e. The van der Waals surface area contributed by atoms with Gasteiger partial charge in [0.2, 0.25) is 11.8 Å². The van der Waals surface area contributed by atoms with Crippen LogP contribution in [0.2, 0.25) is 0 Å². The number of anilines is 3. The van der Waals surface area contributed by atoms with E-state index in [4.69, 9.17) is 0 Å². The van der Waals surface area contributed by atoms with Gasteiger partial charge in [-0.05, 0) is 42.8 Å². The van der Waals surface area contributed by atoms with E-state index in [-0.39, 0.29) is 24.3 Å². The molecule has 2 aromatic carbocycles. The summed E-state index contributed by atoms with van der Waals surface area (Å²) in [5.41, 5.74) is 2.46. The van der Waals surface area contributed by atoms with Gasteiger partial charge >= 0.3 is 0 Å². The van der Waals surface area contributed by atoms with Gasteiger partial charge in [-0.2, -0.15) is 0 Å². The maximum atomic E-state index is 12.2. The van der Waals surface area contributed by atoms with Crippen molar-refractivity contribution in [3.8, 4) is 0 Å². The lowest BCUT2D eigenvalue weighted by Gasteiger charge is -2.11. The quantitative estimate of drug-likeness (QED) is 0.461. The average Bonchev–Trinajstić information content (AvgIpc) is 2.72. The number of benzene rings is 2. The number of hydrogen-bond donors (Lipinski definition) is 4. The van der Waals surface area contributed by atoms with Crippen LogP contribution >= 0.6 is 0 Å². The molecule has 0 saturated carbocycles. The van der Waals surface area contributed by atoms with Crippen LogP contribution in [0.3, 0.4) is 0 Å². The molecule has 0 aromatic heterocycles. The van der Waals surface area contributed by atoms with E-state index in [9.17, 15) is 14.4 Å². The molecule has 0 unspecified atom stereocenters. The first kappa shape index (κ1) is 21.9. The summed E-state index contributed by atoms with van der Waals surface area (Å²) in [6, 6.07) is 14.0. The fourth-order valence-corrected chi connectivity index (χ4v) is 2.56. The molecule has 0 aliphatic heterocycles. The normalized spacial score (nSPS) is 10.1. The van der Waals surface area contributed by atoms with Crippen molar-refractivity contribution in [1.82, 2.24) is 5.32 Å². The van der Waals surface area contributed by atoms with Crippen LogP contribution in [0.15, 0.2) is 48.5 Å². The van der Waals surface area contributed by atoms with Gasteiger partial charge in [0.25, 0.3) is 5.91 Å². The molecule has 0 atom stereocenters. The summed E-state index contributed by atoms with van der Waals surface area (Å²) >= 11 is 0. The summed E-state index contributed by atoms with van der Waals surface area (Å²) in [7, 11) is 0. The first-order valence-electron chi connectivity index (χ1n) is 9.83. The number of unbranched alkanes of at least 4 members (excludes halogenated alkanes) is 1. The monoisotopic (exact) mass is 396 g/mol. The molecule has 0 heterocycles. The zero-order valence-corrected chi connectivity index (χ0v) is 16.9. The molecule has 0 fully saturated rings. The number of carbonyl (C=O) groups excluding carboxylic acids is 3. The molecule has 2 aromatic rings. The molecule has 7 heteroatoms. The molecule has 7 nitrogen and oxygen atoms in total. The molecule has 0 aliphatic carbocycles. The van der Waals surface area contributed by atoms with Crippen molar-refractivity contribution in [1.29, 1.82) is 0 Å². The summed E-state index contributed by atoms with van der Waals surface area (Å²) in [5.74, 6) is -0.464. The van der Waals surface area contributed by atoms with E-state index in [1.165, 1.54) is 0 Å². The molecule has 154 valence electrons. The van der Waals surface area contributed by atoms with E-state index in [2.05, 4.69) is 28.2 Å². The smallest absolute Gasteiger partial charge is 0.251 e. The second-order valence-corrected chi connectivity index (χ2v) is 6.57. The van der Waals surface area contributed by atoms with E-state index >= 15 is 0 Å². The van der Waals surface area contributed by atoms with E-state index in [0.717, 1.165) is 18.5 Å². The second-order valence-electron chi connectivity index (χ2n) is 6.57. The maximum absolute atomic E-state index is 12.2. The number of nitrogens with one attached hydrogen (secondary N) is 4. The highest BCUT2D eigenvalue weighted by Crippen LogP contribution is 2.15. The van der Waals surface area contributed by atoms with Crippen molar-refractivity contribution < 1.29 is 14.4 Å². The zero-order chi connectivity index (χ0) is 21.1. The first-order chi connectivity index (χ1) is 14.0. The summed E-state index contributed by atoms with van der Waals surface area (Å²) in [5, 5.41) is 11.4. The van der Waals surface area contributed by atoms with Crippen molar-refractivity contribution in [2.24, 2.45) is 0 Å². The Balaban J connectivity index is 1.88. The minimum absolute atomic E-state index is 0.0537. The molecule has 4 N–H and O–H groups in total. The fourth-order valence-electron chi connectivity index (χ4n) is 2.56. The summed E-state index contributed by atoms with van der Waals surface area (Å²) < 4.78 is 0. The minimum Gasteiger partial charge on any atom is -0.376 e. The highest BCUT2D eigenvalue weighted by Gasteiger charge is 2.08. The number of carbonyl (C=O) groups is 3. The van der Waals surface area contributed by atoms with E-state index in [1.54, 1.807) is 49.4 Å². The maximum Gasteiger partial charge on any atom is 0.251 e. The van der Waals surface area contributed by atoms with Crippen LogP contribution in [0.5, 0.6) is 0 Å². The Morgan fingerprint density at radius 2 is 1.48 bits per heavy atom. The lowest BCUT2D eigenvalue weighted by atomic mass is 10.2. The van der Waals surface area contributed by atoms with Crippen molar-refractivity contribution >= 4 is 34.8 Å². The Hall–Kier alpha value is -3.35. The SMILES string of the molecule is CCCCNC(=O)c1cccc(NC(=O)CNc2cccc(NC(=O)CC)c2)c1. The van der Waals surface area contributed by atoms with Crippen molar-refractivity contribution in [2.45, 2.75) is 33.1 Å². The Kier molecular flexibility index (Phi) is 8.69. The number of rotatable bonds is 10. The predicted octanol–water partition coefficient (Wildman–Crippen LogP) is 3.62. The average molecular weight is 396 g/mol. The predicted molar refractivity (Wildman–Crippen MR) is 116 cm³/mol. The Morgan fingerprint density at radius 3 is 2.21 bits per heavy atom. The second kappa shape index (κ2) is 11.5.